The Morgan fingerprint density at radius 2 is 2.06 bits per heavy atom. The van der Waals surface area contributed by atoms with Gasteiger partial charge in [0.1, 0.15) is 5.69 Å². The molecule has 2 rings (SSSR count). The normalized spacial score (nSPS) is 10.4. The molecule has 0 saturated carbocycles. The summed E-state index contributed by atoms with van der Waals surface area (Å²) in [7, 11) is 1.28. The second-order valence-corrected chi connectivity index (χ2v) is 4.26. The zero-order valence-electron chi connectivity index (χ0n) is 8.41. The summed E-state index contributed by atoms with van der Waals surface area (Å²) in [6.07, 6.45) is 0. The monoisotopic (exact) mass is 329 g/mol. The number of benzene rings is 1. The number of carbonyl (C=O) groups is 1. The van der Waals surface area contributed by atoms with Crippen molar-refractivity contribution in [1.29, 1.82) is 0 Å². The van der Waals surface area contributed by atoms with Crippen molar-refractivity contribution in [2.75, 3.05) is 7.11 Å². The summed E-state index contributed by atoms with van der Waals surface area (Å²) in [5.74, 6) is -0.535. The van der Waals surface area contributed by atoms with Crippen LogP contribution in [-0.2, 0) is 4.74 Å². The Hall–Kier alpha value is -1.37. The minimum Gasteiger partial charge on any atom is -0.464 e. The molecule has 2 aromatic rings. The van der Waals surface area contributed by atoms with Gasteiger partial charge in [-0.05, 0) is 34.7 Å². The number of hydrogen-bond acceptors (Lipinski definition) is 3. The first-order valence-corrected chi connectivity index (χ1v) is 5.62. The number of halogens is 1. The molecule has 0 fully saturated rings. The van der Waals surface area contributed by atoms with Crippen molar-refractivity contribution < 1.29 is 9.53 Å². The van der Waals surface area contributed by atoms with Gasteiger partial charge in [0.15, 0.2) is 0 Å². The zero-order chi connectivity index (χ0) is 11.7. The minimum atomic E-state index is -0.535. The maximum atomic E-state index is 11.9. The van der Waals surface area contributed by atoms with E-state index >= 15 is 0 Å². The van der Waals surface area contributed by atoms with Gasteiger partial charge in [-0.25, -0.2) is 4.79 Å². The fraction of sp³-hybridized carbons (Fsp3) is 0.0909. The number of aromatic amines is 1. The summed E-state index contributed by atoms with van der Waals surface area (Å²) < 4.78 is 4.96. The average molecular weight is 329 g/mol. The molecule has 1 N–H and O–H groups in total. The van der Waals surface area contributed by atoms with E-state index in [4.69, 9.17) is 0 Å². The molecule has 4 nitrogen and oxygen atoms in total. The quantitative estimate of drug-likeness (QED) is 0.642. The fourth-order valence-electron chi connectivity index (χ4n) is 1.45. The van der Waals surface area contributed by atoms with Crippen LogP contribution in [0.5, 0.6) is 0 Å². The van der Waals surface area contributed by atoms with Gasteiger partial charge in [-0.3, -0.25) is 4.79 Å². The van der Waals surface area contributed by atoms with Crippen LogP contribution in [-0.4, -0.2) is 18.1 Å². The molecule has 0 aliphatic rings. The van der Waals surface area contributed by atoms with Gasteiger partial charge in [0.2, 0.25) is 5.43 Å². The van der Waals surface area contributed by atoms with Gasteiger partial charge in [0.25, 0.3) is 0 Å². The Balaban J connectivity index is 2.84. The van der Waals surface area contributed by atoms with E-state index in [1.165, 1.54) is 7.11 Å². The van der Waals surface area contributed by atoms with Gasteiger partial charge in [-0.2, -0.15) is 0 Å². The van der Waals surface area contributed by atoms with Crippen molar-refractivity contribution >= 4 is 39.5 Å². The van der Waals surface area contributed by atoms with Crippen LogP contribution in [0.2, 0.25) is 0 Å². The second-order valence-electron chi connectivity index (χ2n) is 3.18. The van der Waals surface area contributed by atoms with Gasteiger partial charge in [0, 0.05) is 10.9 Å². The third-order valence-corrected chi connectivity index (χ3v) is 3.27. The Kier molecular flexibility index (Phi) is 2.95. The summed E-state index contributed by atoms with van der Waals surface area (Å²) in [6, 6.07) is 7.05. The first kappa shape index (κ1) is 11.1. The van der Waals surface area contributed by atoms with Crippen molar-refractivity contribution in [3.8, 4) is 0 Å². The Labute approximate surface area is 105 Å². The number of aromatic nitrogens is 1. The number of ether oxygens (including phenoxy) is 1. The summed E-state index contributed by atoms with van der Waals surface area (Å²) in [4.78, 5) is 26.3. The molecule has 0 radical (unpaired) electrons. The highest BCUT2D eigenvalue weighted by atomic mass is 127. The molecule has 1 aromatic carbocycles. The molecule has 0 aliphatic carbocycles. The van der Waals surface area contributed by atoms with Crippen LogP contribution in [0.15, 0.2) is 29.1 Å². The Morgan fingerprint density at radius 1 is 1.38 bits per heavy atom. The lowest BCUT2D eigenvalue weighted by Gasteiger charge is -2.04. The SMILES string of the molecule is COC(=O)c1[nH]c2ccccc2c(=O)c1I. The Bertz CT molecular complexity index is 618. The van der Waals surface area contributed by atoms with Crippen molar-refractivity contribution in [2.24, 2.45) is 0 Å². The summed E-state index contributed by atoms with van der Waals surface area (Å²) >= 11 is 1.85. The van der Waals surface area contributed by atoms with E-state index in [0.29, 0.717) is 14.5 Å². The maximum absolute atomic E-state index is 11.9. The Morgan fingerprint density at radius 3 is 2.75 bits per heavy atom. The number of nitrogens with one attached hydrogen (secondary N) is 1. The molecule has 0 atom stereocenters. The van der Waals surface area contributed by atoms with Crippen LogP contribution >= 0.6 is 22.6 Å². The molecule has 82 valence electrons. The van der Waals surface area contributed by atoms with E-state index in [1.807, 2.05) is 22.6 Å². The smallest absolute Gasteiger partial charge is 0.355 e. The lowest BCUT2D eigenvalue weighted by Crippen LogP contribution is -2.16. The number of hydrogen-bond donors (Lipinski definition) is 1. The number of carbonyl (C=O) groups excluding carboxylic acids is 1. The standard InChI is InChI=1S/C11H8INO3/c1-16-11(15)9-8(12)10(14)6-4-2-3-5-7(6)13-9/h2-5H,1H3,(H,13,14). The van der Waals surface area contributed by atoms with Crippen molar-refractivity contribution in [3.63, 3.8) is 0 Å². The van der Waals surface area contributed by atoms with E-state index in [1.54, 1.807) is 24.3 Å². The minimum absolute atomic E-state index is 0.157. The van der Waals surface area contributed by atoms with Crippen LogP contribution in [0, 0.1) is 3.57 Å². The summed E-state index contributed by atoms with van der Waals surface area (Å²) in [5.41, 5.74) is 0.676. The van der Waals surface area contributed by atoms with Gasteiger partial charge < -0.3 is 9.72 Å². The predicted molar refractivity (Wildman–Crippen MR) is 68.6 cm³/mol. The first-order chi connectivity index (χ1) is 7.65. The highest BCUT2D eigenvalue weighted by Crippen LogP contribution is 2.13. The fourth-order valence-corrected chi connectivity index (χ4v) is 2.10. The largest absolute Gasteiger partial charge is 0.464 e. The summed E-state index contributed by atoms with van der Waals surface area (Å²) in [6.45, 7) is 0. The number of rotatable bonds is 1. The van der Waals surface area contributed by atoms with Gasteiger partial charge >= 0.3 is 5.97 Å². The lowest BCUT2D eigenvalue weighted by molar-refractivity contribution is 0.0593. The second kappa shape index (κ2) is 4.25. The van der Waals surface area contributed by atoms with Gasteiger partial charge in [-0.1, -0.05) is 12.1 Å². The maximum Gasteiger partial charge on any atom is 0.355 e. The number of methoxy groups -OCH3 is 1. The molecular weight excluding hydrogens is 321 g/mol. The molecular formula is C11H8INO3. The molecule has 16 heavy (non-hydrogen) atoms. The average Bonchev–Trinajstić information content (AvgIpc) is 2.33. The topological polar surface area (TPSA) is 59.2 Å². The molecule has 1 heterocycles. The highest BCUT2D eigenvalue weighted by Gasteiger charge is 2.15. The lowest BCUT2D eigenvalue weighted by atomic mass is 10.2. The molecule has 0 unspecified atom stereocenters. The van der Waals surface area contributed by atoms with E-state index in [9.17, 15) is 9.59 Å². The van der Waals surface area contributed by atoms with Crippen LogP contribution in [0.4, 0.5) is 0 Å². The predicted octanol–water partition coefficient (Wildman–Crippen LogP) is 1.92. The molecule has 5 heteroatoms. The number of para-hydroxylation sites is 1. The number of esters is 1. The van der Waals surface area contributed by atoms with E-state index in [-0.39, 0.29) is 11.1 Å². The van der Waals surface area contributed by atoms with Gasteiger partial charge in [0.05, 0.1) is 10.7 Å². The van der Waals surface area contributed by atoms with E-state index in [2.05, 4.69) is 9.72 Å². The van der Waals surface area contributed by atoms with Crippen LogP contribution < -0.4 is 5.43 Å². The third-order valence-electron chi connectivity index (χ3n) is 2.24. The number of fused-ring (bicyclic) bond motifs is 1. The molecule has 0 aliphatic heterocycles. The number of H-pyrrole nitrogens is 1. The van der Waals surface area contributed by atoms with Crippen molar-refractivity contribution in [2.45, 2.75) is 0 Å². The van der Waals surface area contributed by atoms with Gasteiger partial charge in [-0.15, -0.1) is 0 Å². The number of pyridine rings is 1. The molecule has 0 spiro atoms. The molecule has 1 aromatic heterocycles. The first-order valence-electron chi connectivity index (χ1n) is 4.54. The molecule has 0 amide bonds. The highest BCUT2D eigenvalue weighted by molar-refractivity contribution is 14.1. The summed E-state index contributed by atoms with van der Waals surface area (Å²) in [5, 5.41) is 0.569. The van der Waals surface area contributed by atoms with Crippen molar-refractivity contribution in [1.82, 2.24) is 4.98 Å². The van der Waals surface area contributed by atoms with Crippen LogP contribution in [0.25, 0.3) is 10.9 Å². The van der Waals surface area contributed by atoms with E-state index in [0.717, 1.165) is 0 Å². The zero-order valence-corrected chi connectivity index (χ0v) is 10.6. The molecule has 0 bridgehead atoms. The van der Waals surface area contributed by atoms with Crippen molar-refractivity contribution in [3.05, 3.63) is 43.8 Å². The van der Waals surface area contributed by atoms with Crippen LogP contribution in [0.1, 0.15) is 10.5 Å². The van der Waals surface area contributed by atoms with E-state index < -0.39 is 5.97 Å². The third kappa shape index (κ3) is 1.71. The van der Waals surface area contributed by atoms with Crippen LogP contribution in [0.3, 0.4) is 0 Å². The molecule has 0 saturated heterocycles.